The maximum atomic E-state index is 11.8. The van der Waals surface area contributed by atoms with E-state index < -0.39 is 29.4 Å². The van der Waals surface area contributed by atoms with E-state index in [0.717, 1.165) is 0 Å². The largest absolute Gasteiger partial charge is 0.544 e. The second-order valence-electron chi connectivity index (χ2n) is 9.53. The van der Waals surface area contributed by atoms with Gasteiger partial charge in [0.1, 0.15) is 0 Å². The Morgan fingerprint density at radius 2 is 0.615 bits per heavy atom. The van der Waals surface area contributed by atoms with Gasteiger partial charge in [-0.1, -0.05) is 65.5 Å². The van der Waals surface area contributed by atoms with Gasteiger partial charge in [0.2, 0.25) is 0 Å². The van der Waals surface area contributed by atoms with Gasteiger partial charge >= 0.3 is 0 Å². The summed E-state index contributed by atoms with van der Waals surface area (Å²) >= 11 is 0. The van der Waals surface area contributed by atoms with Gasteiger partial charge < -0.3 is 4.79 Å². The summed E-state index contributed by atoms with van der Waals surface area (Å²) in [4.78, 5) is 11.8. The summed E-state index contributed by atoms with van der Waals surface area (Å²) in [6.45, 7) is 19.9. The van der Waals surface area contributed by atoms with Crippen molar-refractivity contribution in [3.8, 4) is 0 Å². The van der Waals surface area contributed by atoms with E-state index in [1.54, 1.807) is 0 Å². The Morgan fingerprint density at radius 1 is 0.462 bits per heavy atom. The molecule has 0 N–H and O–H groups in total. The molecule has 0 aromatic rings. The molecule has 0 unspecified atom stereocenters. The predicted octanol–water partition coefficient (Wildman–Crippen LogP) is 5.38. The minimum absolute atomic E-state index is 0. The number of rotatable bonds is 4. The van der Waals surface area contributed by atoms with Crippen LogP contribution in [-0.4, -0.2) is 35.3 Å². The van der Waals surface area contributed by atoms with E-state index in [4.69, 9.17) is 0 Å². The summed E-state index contributed by atoms with van der Waals surface area (Å²) in [5.41, 5.74) is 0. The average molecular weight is 581 g/mol. The summed E-state index contributed by atoms with van der Waals surface area (Å²) in [5, 5.41) is 0. The molecule has 2 aliphatic carbocycles. The molecule has 6 heteroatoms. The molecule has 155 valence electrons. The third-order valence-electron chi connectivity index (χ3n) is 4.64. The van der Waals surface area contributed by atoms with Crippen LogP contribution in [-0.2, 0) is 4.79 Å². The Morgan fingerprint density at radius 3 is 0.654 bits per heavy atom. The molecule has 2 aliphatic rings. The van der Waals surface area contributed by atoms with E-state index in [-0.39, 0.29) is 36.9 Å². The van der Waals surface area contributed by atoms with Gasteiger partial charge in [0.05, 0.1) is 0 Å². The molecule has 2 saturated carbocycles. The quantitative estimate of drug-likeness (QED) is 0.323. The van der Waals surface area contributed by atoms with Crippen molar-refractivity contribution in [3.05, 3.63) is 64.2 Å². The molecule has 26 heavy (non-hydrogen) atoms. The monoisotopic (exact) mass is 580 g/mol. The van der Waals surface area contributed by atoms with Gasteiger partial charge in [0.15, 0.2) is 0 Å². The number of hydrogen-bond donors (Lipinski definition) is 0. The molecule has 2 rings (SSSR count). The van der Waals surface area contributed by atoms with Crippen molar-refractivity contribution in [2.75, 3.05) is 0 Å². The van der Waals surface area contributed by atoms with E-state index in [1.807, 2.05) is 64.2 Å². The maximum absolute atomic E-state index is 11.8. The first-order valence-corrected chi connectivity index (χ1v) is 24.5. The minimum Gasteiger partial charge on any atom is -0.544 e. The normalized spacial score (nSPS) is 18.0. The van der Waals surface area contributed by atoms with Crippen LogP contribution in [0.4, 0.5) is 0 Å². The van der Waals surface area contributed by atoms with Crippen LogP contribution in [0.1, 0.15) is 0 Å². The van der Waals surface area contributed by atoms with E-state index in [1.165, 1.54) is 0 Å². The molecule has 0 saturated heterocycles. The fourth-order valence-corrected chi connectivity index (χ4v) is 95.9. The van der Waals surface area contributed by atoms with Crippen LogP contribution in [0.3, 0.4) is 0 Å². The zero-order chi connectivity index (χ0) is 19.8. The van der Waals surface area contributed by atoms with Crippen molar-refractivity contribution < 1.29 is 41.7 Å². The second kappa shape index (κ2) is 13.1. The molecule has 0 bridgehead atoms. The molecule has 0 atom stereocenters. The molecule has 0 amide bonds. The first-order chi connectivity index (χ1) is 11.3. The van der Waals surface area contributed by atoms with Crippen LogP contribution in [0, 0.1) is 101 Å². The zero-order valence-corrected chi connectivity index (χ0v) is 23.6. The first-order valence-electron chi connectivity index (χ1n) is 9.04. The Balaban J connectivity index is 0. The van der Waals surface area contributed by atoms with Gasteiger partial charge in [-0.05, 0) is 64.2 Å². The fourth-order valence-electron chi connectivity index (χ4n) is 4.48. The Bertz CT molecular complexity index is 311. The van der Waals surface area contributed by atoms with Crippen LogP contribution in [0.2, 0.25) is 58.9 Å². The Labute approximate surface area is 198 Å². The second-order valence-corrected chi connectivity index (χ2v) is 49.5. The van der Waals surface area contributed by atoms with E-state index in [0.29, 0.717) is 0 Å². The summed E-state index contributed by atoms with van der Waals surface area (Å²) in [6.07, 6.45) is 20.0. The third kappa shape index (κ3) is 9.06. The summed E-state index contributed by atoms with van der Waals surface area (Å²) in [7, 11) is -4.11. The molecule has 11 radical (unpaired) electrons. The molecule has 1 nitrogen and oxygen atoms in total. The van der Waals surface area contributed by atoms with Gasteiger partial charge in [0.25, 0.3) is 0 Å². The SMILES string of the molecule is C[Si](C)(C)[Si]([C-]=O)([Si](C)(C)C)[Si](C)(C)C.[CH]1[CH][CH][CH][CH]1.[CH]1[CH][CH][CH][CH]1.[Lu]. The van der Waals surface area contributed by atoms with Gasteiger partial charge in [-0.2, -0.15) is 0 Å². The van der Waals surface area contributed by atoms with Gasteiger partial charge in [-0.3, -0.25) is 5.91 Å². The van der Waals surface area contributed by atoms with Gasteiger partial charge in [-0.15, -0.1) is 0 Å². The van der Waals surface area contributed by atoms with Crippen molar-refractivity contribution in [2.24, 2.45) is 0 Å². The standard InChI is InChI=1S/C10H27OSi4.2C5H5.Lu/c1-12(2,3)15(10-11,13(4,5)6)14(7,8)9;2*1-2-4-5-3-1;/h1-9H3;2*1-5H;/q-1;;;. The summed E-state index contributed by atoms with van der Waals surface area (Å²) < 4.78 is 0. The van der Waals surface area contributed by atoms with Crippen LogP contribution < -0.4 is 0 Å². The third-order valence-corrected chi connectivity index (χ3v) is 73.4. The fraction of sp³-hybridized carbons (Fsp3) is 0.450. The smallest absolute Gasteiger partial charge is 0.00715 e. The van der Waals surface area contributed by atoms with Gasteiger partial charge in [0, 0.05) is 59.6 Å². The molecular weight excluding hydrogens is 544 g/mol. The van der Waals surface area contributed by atoms with E-state index >= 15 is 0 Å². The number of carbonyl (C=O) groups excluding carboxylic acids is 1. The van der Waals surface area contributed by atoms with Crippen LogP contribution in [0.25, 0.3) is 0 Å². The Hall–Kier alpha value is 1.77. The van der Waals surface area contributed by atoms with Crippen LogP contribution >= 0.6 is 0 Å². The van der Waals surface area contributed by atoms with Crippen LogP contribution in [0.15, 0.2) is 0 Å². The molecule has 2 fully saturated rings. The predicted molar refractivity (Wildman–Crippen MR) is 124 cm³/mol. The van der Waals surface area contributed by atoms with Crippen LogP contribution in [0.5, 0.6) is 0 Å². The topological polar surface area (TPSA) is 17.1 Å². The molecule has 0 aliphatic heterocycles. The summed E-state index contributed by atoms with van der Waals surface area (Å²) in [6, 6.07) is 0. The van der Waals surface area contributed by atoms with Crippen molar-refractivity contribution >= 4 is 35.3 Å². The van der Waals surface area contributed by atoms with Crippen molar-refractivity contribution in [3.63, 3.8) is 0 Å². The number of hydrogen-bond acceptors (Lipinski definition) is 1. The molecule has 0 aromatic carbocycles. The molecule has 0 heterocycles. The maximum Gasteiger partial charge on any atom is 0.00715 e. The van der Waals surface area contributed by atoms with E-state index in [9.17, 15) is 4.79 Å². The average Bonchev–Trinajstić information content (AvgIpc) is 3.15. The van der Waals surface area contributed by atoms with Crippen molar-refractivity contribution in [1.29, 1.82) is 0 Å². The minimum atomic E-state index is -1.76. The summed E-state index contributed by atoms with van der Waals surface area (Å²) in [5.74, 6) is 2.71. The van der Waals surface area contributed by atoms with Gasteiger partial charge in [-0.25, -0.2) is 0 Å². The first kappa shape index (κ1) is 30.0. The zero-order valence-electron chi connectivity index (χ0n) is 17.9. The molecule has 0 spiro atoms. The Kier molecular flexibility index (Phi) is 15.2. The van der Waals surface area contributed by atoms with E-state index in [2.05, 4.69) is 64.8 Å². The molecule has 0 aromatic heterocycles. The van der Waals surface area contributed by atoms with Crippen molar-refractivity contribution in [2.45, 2.75) is 58.9 Å². The molecular formula is C20H37LuOSi4-. The van der Waals surface area contributed by atoms with Crippen molar-refractivity contribution in [1.82, 2.24) is 0 Å².